The summed E-state index contributed by atoms with van der Waals surface area (Å²) < 4.78 is 44.2. The number of hydrogen-bond acceptors (Lipinski definition) is 15. The summed E-state index contributed by atoms with van der Waals surface area (Å²) in [5.41, 5.74) is 8.16. The largest absolute Gasteiger partial charge is 0.379 e. The van der Waals surface area contributed by atoms with E-state index in [1.54, 1.807) is 26.0 Å². The maximum atomic E-state index is 13.4. The summed E-state index contributed by atoms with van der Waals surface area (Å²) in [5, 5.41) is 13.6. The van der Waals surface area contributed by atoms with E-state index < -0.39 is 29.9 Å². The molecule has 1 aromatic rings. The SMILES string of the molecule is CCc1ccc(NC(=O)[C@H](CCCNC(N)=O)NC(=O)[C@@H](NC(=O)CCOCCOCCOCCOCCOCCOCCOCCOCCNC(=O)CCN2C(=O)C3C4C=C(C(C)C)C(C4)C3C2=O)C(C)C)cc1. The van der Waals surface area contributed by atoms with Gasteiger partial charge in [-0.3, -0.25) is 33.7 Å². The van der Waals surface area contributed by atoms with Crippen LogP contribution in [0.25, 0.3) is 0 Å². The molecule has 2 bridgehead atoms. The average molecular weight is 1060 g/mol. The fourth-order valence-electron chi connectivity index (χ4n) is 9.21. The predicted octanol–water partition coefficient (Wildman–Crippen LogP) is 2.12. The molecule has 2 fully saturated rings. The summed E-state index contributed by atoms with van der Waals surface area (Å²) in [4.78, 5) is 90.3. The molecule has 422 valence electrons. The van der Waals surface area contributed by atoms with E-state index in [0.29, 0.717) is 117 Å². The number of likely N-dealkylation sites (tertiary alicyclic amines) is 1. The first kappa shape index (κ1) is 62.5. The fraction of sp³-hybridized carbons (Fsp3) is 0.717. The van der Waals surface area contributed by atoms with Crippen LogP contribution >= 0.6 is 0 Å². The summed E-state index contributed by atoms with van der Waals surface area (Å²) in [6.45, 7) is 16.4. The Hall–Kier alpha value is -5.07. The van der Waals surface area contributed by atoms with Crippen LogP contribution in [-0.4, -0.2) is 184 Å². The van der Waals surface area contributed by atoms with E-state index in [1.807, 2.05) is 19.1 Å². The molecule has 4 unspecified atom stereocenters. The van der Waals surface area contributed by atoms with Crippen molar-refractivity contribution in [2.24, 2.45) is 41.2 Å². The van der Waals surface area contributed by atoms with E-state index in [2.05, 4.69) is 46.5 Å². The quantitative estimate of drug-likeness (QED) is 0.0311. The molecule has 0 radical (unpaired) electrons. The maximum absolute atomic E-state index is 13.4. The number of allylic oxidation sites excluding steroid dienone is 2. The van der Waals surface area contributed by atoms with E-state index in [4.69, 9.17) is 43.6 Å². The first-order valence-corrected chi connectivity index (χ1v) is 26.7. The molecule has 0 aromatic heterocycles. The molecule has 22 heteroatoms. The van der Waals surface area contributed by atoms with Crippen molar-refractivity contribution >= 4 is 47.2 Å². The number of ether oxygens (including phenoxy) is 8. The Labute approximate surface area is 442 Å². The van der Waals surface area contributed by atoms with Crippen molar-refractivity contribution in [2.45, 2.75) is 85.2 Å². The highest BCUT2D eigenvalue weighted by atomic mass is 16.6. The number of rotatable bonds is 42. The first-order chi connectivity index (χ1) is 36.2. The molecule has 1 aromatic carbocycles. The highest BCUT2D eigenvalue weighted by molar-refractivity contribution is 6.06. The Morgan fingerprint density at radius 2 is 1.15 bits per heavy atom. The van der Waals surface area contributed by atoms with Gasteiger partial charge in [-0.2, -0.15) is 0 Å². The van der Waals surface area contributed by atoms with Crippen LogP contribution in [-0.2, 0) is 73.1 Å². The van der Waals surface area contributed by atoms with Crippen molar-refractivity contribution in [3.05, 3.63) is 41.5 Å². The minimum absolute atomic E-state index is 0.0229. The second kappa shape index (κ2) is 35.3. The number of anilines is 1. The van der Waals surface area contributed by atoms with Gasteiger partial charge in [-0.15, -0.1) is 0 Å². The summed E-state index contributed by atoms with van der Waals surface area (Å²) in [5.74, 6) is -1.90. The van der Waals surface area contributed by atoms with E-state index >= 15 is 0 Å². The van der Waals surface area contributed by atoms with Gasteiger partial charge in [0.2, 0.25) is 35.4 Å². The molecule has 75 heavy (non-hydrogen) atoms. The number of fused-ring (bicyclic) bond motifs is 5. The molecule has 7 N–H and O–H groups in total. The fourth-order valence-corrected chi connectivity index (χ4v) is 9.21. The lowest BCUT2D eigenvalue weighted by Crippen LogP contribution is -2.54. The molecule has 8 amide bonds. The average Bonchev–Trinajstić information content (AvgIpc) is 4.06. The molecule has 6 atom stereocenters. The minimum atomic E-state index is -0.929. The highest BCUT2D eigenvalue weighted by Gasteiger charge is 2.61. The van der Waals surface area contributed by atoms with Gasteiger partial charge in [-0.05, 0) is 67.1 Å². The zero-order valence-corrected chi connectivity index (χ0v) is 44.8. The molecule has 22 nitrogen and oxygen atoms in total. The van der Waals surface area contributed by atoms with Gasteiger partial charge in [0.15, 0.2) is 0 Å². The number of hydrogen-bond donors (Lipinski definition) is 6. The van der Waals surface area contributed by atoms with Gasteiger partial charge >= 0.3 is 6.03 Å². The normalized spacial score (nSPS) is 18.5. The number of carbonyl (C=O) groups excluding carboxylic acids is 7. The summed E-state index contributed by atoms with van der Waals surface area (Å²) >= 11 is 0. The topological polar surface area (TPSA) is 283 Å². The molecule has 1 saturated carbocycles. The van der Waals surface area contributed by atoms with Crippen molar-refractivity contribution < 1.29 is 71.5 Å². The van der Waals surface area contributed by atoms with E-state index in [9.17, 15) is 33.6 Å². The molecule has 2 aliphatic carbocycles. The van der Waals surface area contributed by atoms with Crippen LogP contribution in [0.2, 0.25) is 0 Å². The van der Waals surface area contributed by atoms with Gasteiger partial charge in [0, 0.05) is 38.2 Å². The number of urea groups is 1. The number of aryl methyl sites for hydroxylation is 1. The van der Waals surface area contributed by atoms with Crippen LogP contribution in [0, 0.1) is 35.5 Å². The van der Waals surface area contributed by atoms with Crippen molar-refractivity contribution in [1.82, 2.24) is 26.2 Å². The lowest BCUT2D eigenvalue weighted by atomic mass is 9.78. The number of nitrogens with two attached hydrogens (primary N) is 1. The number of imide groups is 1. The summed E-state index contributed by atoms with van der Waals surface area (Å²) in [7, 11) is 0. The summed E-state index contributed by atoms with van der Waals surface area (Å²) in [6.07, 6.45) is 4.65. The zero-order valence-electron chi connectivity index (χ0n) is 44.8. The smallest absolute Gasteiger partial charge is 0.312 e. The van der Waals surface area contributed by atoms with Crippen molar-refractivity contribution in [1.29, 1.82) is 0 Å². The number of amides is 8. The number of benzene rings is 1. The van der Waals surface area contributed by atoms with Crippen molar-refractivity contribution in [3.8, 4) is 0 Å². The van der Waals surface area contributed by atoms with Gasteiger partial charge in [-0.25, -0.2) is 4.79 Å². The van der Waals surface area contributed by atoms with E-state index in [0.717, 1.165) is 18.4 Å². The Kier molecular flexibility index (Phi) is 29.4. The Morgan fingerprint density at radius 1 is 0.627 bits per heavy atom. The molecule has 1 heterocycles. The second-order valence-corrected chi connectivity index (χ2v) is 19.3. The van der Waals surface area contributed by atoms with Crippen LogP contribution < -0.4 is 32.3 Å². The Balaban J connectivity index is 0.874. The van der Waals surface area contributed by atoms with Crippen LogP contribution in [0.3, 0.4) is 0 Å². The molecule has 1 aliphatic heterocycles. The number of primary amides is 1. The third-order valence-corrected chi connectivity index (χ3v) is 13.1. The summed E-state index contributed by atoms with van der Waals surface area (Å²) in [6, 6.07) is 4.90. The first-order valence-electron chi connectivity index (χ1n) is 26.7. The van der Waals surface area contributed by atoms with Gasteiger partial charge in [0.05, 0.1) is 118 Å². The van der Waals surface area contributed by atoms with Crippen molar-refractivity contribution in [3.63, 3.8) is 0 Å². The lowest BCUT2D eigenvalue weighted by molar-refractivity contribution is -0.141. The maximum Gasteiger partial charge on any atom is 0.312 e. The number of carbonyl (C=O) groups is 7. The van der Waals surface area contributed by atoms with Gasteiger partial charge in [0.25, 0.3) is 0 Å². The zero-order chi connectivity index (χ0) is 54.4. The Bertz CT molecular complexity index is 1950. The predicted molar refractivity (Wildman–Crippen MR) is 277 cm³/mol. The van der Waals surface area contributed by atoms with E-state index in [1.165, 1.54) is 10.5 Å². The van der Waals surface area contributed by atoms with Crippen LogP contribution in [0.5, 0.6) is 0 Å². The molecule has 4 rings (SSSR count). The van der Waals surface area contributed by atoms with Gasteiger partial charge in [-0.1, -0.05) is 58.4 Å². The Morgan fingerprint density at radius 3 is 1.65 bits per heavy atom. The lowest BCUT2D eigenvalue weighted by Gasteiger charge is -2.25. The molecule has 3 aliphatic rings. The monoisotopic (exact) mass is 1060 g/mol. The van der Waals surface area contributed by atoms with Gasteiger partial charge in [0.1, 0.15) is 12.1 Å². The van der Waals surface area contributed by atoms with E-state index in [-0.39, 0.29) is 98.8 Å². The molecular weight excluding hydrogens is 975 g/mol. The van der Waals surface area contributed by atoms with Crippen LogP contribution in [0.1, 0.15) is 72.3 Å². The molecule has 0 spiro atoms. The highest BCUT2D eigenvalue weighted by Crippen LogP contribution is 2.56. The van der Waals surface area contributed by atoms with Gasteiger partial charge < -0.3 is 70.2 Å². The third kappa shape index (κ3) is 22.6. The molecular formula is C53H85N7O15. The standard InChI is InChI=1S/C53H85N7O15/c1-6-38-9-11-40(12-10-38)57-49(63)43(8-7-15-56-53(54)67)58-50(64)48(37(4)5)59-45(62)14-18-68-20-22-70-24-26-72-28-30-74-32-33-75-31-29-73-27-25-71-23-21-69-19-16-55-44(61)13-17-60-51(65)46-39-34-41(36(2)3)42(35-39)47(46)52(60)66/h9-12,34,36-37,39,42-43,46-48H,6-8,13-33,35H2,1-5H3,(H,55,61)(H,57,63)(H,58,64)(H,59,62)(H3,54,56,67)/t39?,42?,43-,46?,47?,48-/m0/s1. The second-order valence-electron chi connectivity index (χ2n) is 19.3. The van der Waals surface area contributed by atoms with Crippen LogP contribution in [0.15, 0.2) is 35.9 Å². The minimum Gasteiger partial charge on any atom is -0.379 e. The number of nitrogens with zero attached hydrogens (tertiary/aromatic N) is 1. The van der Waals surface area contributed by atoms with Crippen molar-refractivity contribution in [2.75, 3.05) is 131 Å². The molecule has 1 saturated heterocycles. The van der Waals surface area contributed by atoms with Crippen LogP contribution in [0.4, 0.5) is 10.5 Å². The number of nitrogens with one attached hydrogen (secondary N) is 5. The third-order valence-electron chi connectivity index (χ3n) is 13.1.